The van der Waals surface area contributed by atoms with Crippen LogP contribution in [0.25, 0.3) is 0 Å². The Bertz CT molecular complexity index is 733. The van der Waals surface area contributed by atoms with E-state index in [0.717, 1.165) is 16.7 Å². The van der Waals surface area contributed by atoms with E-state index in [1.807, 2.05) is 37.3 Å². The Labute approximate surface area is 124 Å². The van der Waals surface area contributed by atoms with Crippen molar-refractivity contribution in [1.82, 2.24) is 0 Å². The summed E-state index contributed by atoms with van der Waals surface area (Å²) in [5.41, 5.74) is 3.33. The lowest BCUT2D eigenvalue weighted by molar-refractivity contribution is 0.303. The lowest BCUT2D eigenvalue weighted by Crippen LogP contribution is -2.00. The predicted molar refractivity (Wildman–Crippen MR) is 80.6 cm³/mol. The Morgan fingerprint density at radius 2 is 2.00 bits per heavy atom. The Balaban J connectivity index is 2.19. The third-order valence-corrected chi connectivity index (χ3v) is 3.02. The molecule has 1 N–H and O–H groups in total. The first kappa shape index (κ1) is 14.7. The van der Waals surface area contributed by atoms with Crippen molar-refractivity contribution in [1.29, 1.82) is 5.26 Å². The van der Waals surface area contributed by atoms with Crippen LogP contribution in [0.3, 0.4) is 0 Å². The van der Waals surface area contributed by atoms with E-state index in [2.05, 4.69) is 17.9 Å². The summed E-state index contributed by atoms with van der Waals surface area (Å²) in [6.45, 7) is 2.14. The second-order valence-electron chi connectivity index (χ2n) is 4.50. The Morgan fingerprint density at radius 3 is 2.76 bits per heavy atom. The van der Waals surface area contributed by atoms with Gasteiger partial charge in [-0.1, -0.05) is 36.1 Å². The summed E-state index contributed by atoms with van der Waals surface area (Å²) in [5, 5.41) is 17.7. The van der Waals surface area contributed by atoms with Gasteiger partial charge < -0.3 is 9.84 Å². The average molecular weight is 277 g/mol. The Kier molecular flexibility index (Phi) is 4.99. The number of rotatable bonds is 3. The molecule has 0 atom stereocenters. The number of benzene rings is 2. The SMILES string of the molecule is Cc1ccc(C#N)cc1OCc1ccccc1C#CCO. The van der Waals surface area contributed by atoms with Gasteiger partial charge in [-0.3, -0.25) is 0 Å². The van der Waals surface area contributed by atoms with Crippen LogP contribution in [0.2, 0.25) is 0 Å². The molecular weight excluding hydrogens is 262 g/mol. The van der Waals surface area contributed by atoms with E-state index >= 15 is 0 Å². The Morgan fingerprint density at radius 1 is 1.19 bits per heavy atom. The Hall–Kier alpha value is -2.75. The highest BCUT2D eigenvalue weighted by molar-refractivity contribution is 5.43. The summed E-state index contributed by atoms with van der Waals surface area (Å²) in [6, 6.07) is 15.1. The van der Waals surface area contributed by atoms with E-state index in [0.29, 0.717) is 17.9 Å². The largest absolute Gasteiger partial charge is 0.489 e. The lowest BCUT2D eigenvalue weighted by Gasteiger charge is -2.10. The molecule has 3 heteroatoms. The second-order valence-corrected chi connectivity index (χ2v) is 4.50. The molecule has 3 nitrogen and oxygen atoms in total. The minimum atomic E-state index is -0.168. The third-order valence-electron chi connectivity index (χ3n) is 3.02. The highest BCUT2D eigenvalue weighted by Gasteiger charge is 2.04. The van der Waals surface area contributed by atoms with Crippen molar-refractivity contribution in [3.05, 3.63) is 64.7 Å². The molecule has 0 aromatic heterocycles. The number of nitriles is 1. The maximum absolute atomic E-state index is 8.93. The van der Waals surface area contributed by atoms with Crippen molar-refractivity contribution in [2.24, 2.45) is 0 Å². The molecule has 0 spiro atoms. The summed E-state index contributed by atoms with van der Waals surface area (Å²) in [7, 11) is 0. The van der Waals surface area contributed by atoms with E-state index in [-0.39, 0.29) is 6.61 Å². The van der Waals surface area contributed by atoms with Crippen LogP contribution in [0.1, 0.15) is 22.3 Å². The number of aryl methyl sites for hydroxylation is 1. The number of hydrogen-bond acceptors (Lipinski definition) is 3. The van der Waals surface area contributed by atoms with Crippen LogP contribution >= 0.6 is 0 Å². The molecule has 0 aliphatic heterocycles. The van der Waals surface area contributed by atoms with Crippen LogP contribution in [0.4, 0.5) is 0 Å². The number of aliphatic hydroxyl groups excluding tert-OH is 1. The van der Waals surface area contributed by atoms with Crippen molar-refractivity contribution in [3.8, 4) is 23.7 Å². The van der Waals surface area contributed by atoms with Gasteiger partial charge in [-0.2, -0.15) is 5.26 Å². The molecule has 0 radical (unpaired) electrons. The lowest BCUT2D eigenvalue weighted by atomic mass is 10.1. The minimum Gasteiger partial charge on any atom is -0.489 e. The van der Waals surface area contributed by atoms with E-state index in [4.69, 9.17) is 15.1 Å². The van der Waals surface area contributed by atoms with Gasteiger partial charge in [0.05, 0.1) is 11.6 Å². The second kappa shape index (κ2) is 7.14. The number of hydrogen-bond donors (Lipinski definition) is 1. The average Bonchev–Trinajstić information content (AvgIpc) is 2.53. The number of ether oxygens (including phenoxy) is 1. The molecule has 0 fully saturated rings. The monoisotopic (exact) mass is 277 g/mol. The molecule has 2 rings (SSSR count). The van der Waals surface area contributed by atoms with E-state index in [9.17, 15) is 0 Å². The summed E-state index contributed by atoms with van der Waals surface area (Å²) < 4.78 is 5.80. The van der Waals surface area contributed by atoms with Gasteiger partial charge in [-0.25, -0.2) is 0 Å². The van der Waals surface area contributed by atoms with Gasteiger partial charge in [0.1, 0.15) is 19.0 Å². The highest BCUT2D eigenvalue weighted by Crippen LogP contribution is 2.21. The molecule has 21 heavy (non-hydrogen) atoms. The summed E-state index contributed by atoms with van der Waals surface area (Å²) in [6.07, 6.45) is 0. The normalized spacial score (nSPS) is 9.38. The molecule has 0 amide bonds. The summed E-state index contributed by atoms with van der Waals surface area (Å²) >= 11 is 0. The first-order valence-electron chi connectivity index (χ1n) is 6.56. The molecule has 0 saturated heterocycles. The van der Waals surface area contributed by atoms with Crippen LogP contribution in [0.15, 0.2) is 42.5 Å². The smallest absolute Gasteiger partial charge is 0.124 e. The predicted octanol–water partition coefficient (Wildman–Crippen LogP) is 2.79. The van der Waals surface area contributed by atoms with E-state index in [1.54, 1.807) is 12.1 Å². The van der Waals surface area contributed by atoms with Crippen LogP contribution in [0, 0.1) is 30.1 Å². The molecule has 0 heterocycles. The summed E-state index contributed by atoms with van der Waals surface area (Å²) in [4.78, 5) is 0. The molecule has 0 bridgehead atoms. The molecule has 0 saturated carbocycles. The van der Waals surface area contributed by atoms with Crippen molar-refractivity contribution >= 4 is 0 Å². The standard InChI is InChI=1S/C18H15NO2/c1-14-8-9-15(12-19)11-18(14)21-13-17-6-3-2-5-16(17)7-4-10-20/h2-3,5-6,8-9,11,20H,10,13H2,1H3. The minimum absolute atomic E-state index is 0.168. The molecular formula is C18H15NO2. The van der Waals surface area contributed by atoms with Crippen molar-refractivity contribution in [3.63, 3.8) is 0 Å². The van der Waals surface area contributed by atoms with Crippen molar-refractivity contribution in [2.45, 2.75) is 13.5 Å². The fourth-order valence-electron chi connectivity index (χ4n) is 1.88. The summed E-state index contributed by atoms with van der Waals surface area (Å²) in [5.74, 6) is 6.24. The first-order valence-corrected chi connectivity index (χ1v) is 6.56. The maximum Gasteiger partial charge on any atom is 0.124 e. The van der Waals surface area contributed by atoms with Crippen LogP contribution in [-0.2, 0) is 6.61 Å². The van der Waals surface area contributed by atoms with Crippen LogP contribution < -0.4 is 4.74 Å². The van der Waals surface area contributed by atoms with Crippen LogP contribution in [-0.4, -0.2) is 11.7 Å². The number of aliphatic hydroxyl groups is 1. The topological polar surface area (TPSA) is 53.2 Å². The van der Waals surface area contributed by atoms with Gasteiger partial charge >= 0.3 is 0 Å². The van der Waals surface area contributed by atoms with E-state index in [1.165, 1.54) is 0 Å². The van der Waals surface area contributed by atoms with Crippen molar-refractivity contribution in [2.75, 3.05) is 6.61 Å². The molecule has 0 unspecified atom stereocenters. The van der Waals surface area contributed by atoms with Crippen LogP contribution in [0.5, 0.6) is 5.75 Å². The zero-order chi connectivity index (χ0) is 15.1. The van der Waals surface area contributed by atoms with Gasteiger partial charge in [0, 0.05) is 11.1 Å². The fraction of sp³-hybridized carbons (Fsp3) is 0.167. The molecule has 104 valence electrons. The van der Waals surface area contributed by atoms with Crippen molar-refractivity contribution < 1.29 is 9.84 Å². The molecule has 2 aromatic rings. The van der Waals surface area contributed by atoms with Gasteiger partial charge in [0.25, 0.3) is 0 Å². The highest BCUT2D eigenvalue weighted by atomic mass is 16.5. The first-order chi connectivity index (χ1) is 10.2. The van der Waals surface area contributed by atoms with E-state index < -0.39 is 0 Å². The number of nitrogens with zero attached hydrogens (tertiary/aromatic N) is 1. The van der Waals surface area contributed by atoms with Gasteiger partial charge in [-0.15, -0.1) is 0 Å². The third kappa shape index (κ3) is 3.86. The fourth-order valence-corrected chi connectivity index (χ4v) is 1.88. The quantitative estimate of drug-likeness (QED) is 0.878. The molecule has 2 aromatic carbocycles. The van der Waals surface area contributed by atoms with Gasteiger partial charge in [0.2, 0.25) is 0 Å². The maximum atomic E-state index is 8.93. The zero-order valence-corrected chi connectivity index (χ0v) is 11.8. The zero-order valence-electron chi connectivity index (χ0n) is 11.8. The molecule has 0 aliphatic carbocycles. The molecule has 0 aliphatic rings. The van der Waals surface area contributed by atoms with Gasteiger partial charge in [-0.05, 0) is 30.7 Å². The van der Waals surface area contributed by atoms with Gasteiger partial charge in [0.15, 0.2) is 0 Å².